The number of hydrogen-bond donors (Lipinski definition) is 2. The van der Waals surface area contributed by atoms with E-state index in [1.54, 1.807) is 36.4 Å². The van der Waals surface area contributed by atoms with Gasteiger partial charge in [-0.05, 0) is 64.5 Å². The van der Waals surface area contributed by atoms with Crippen molar-refractivity contribution in [2.45, 2.75) is 11.3 Å². The molecule has 1 aromatic heterocycles. The summed E-state index contributed by atoms with van der Waals surface area (Å²) in [6.07, 6.45) is 0.731. The number of carbonyl (C=O) groups is 1. The largest absolute Gasteiger partial charge is 0.490 e. The van der Waals surface area contributed by atoms with Crippen molar-refractivity contribution in [2.75, 3.05) is 23.3 Å². The molecule has 30 heavy (non-hydrogen) atoms. The van der Waals surface area contributed by atoms with Crippen LogP contribution in [-0.2, 0) is 10.0 Å². The lowest BCUT2D eigenvalue weighted by Crippen LogP contribution is -2.14. The lowest BCUT2D eigenvalue weighted by Gasteiger charge is -2.12. The summed E-state index contributed by atoms with van der Waals surface area (Å²) in [5.41, 5.74) is 0.840. The summed E-state index contributed by atoms with van der Waals surface area (Å²) in [4.78, 5) is 12.2. The number of nitrogens with one attached hydrogen (secondary N) is 2. The van der Waals surface area contributed by atoms with Crippen LogP contribution in [-0.4, -0.2) is 27.5 Å². The van der Waals surface area contributed by atoms with Gasteiger partial charge in [-0.25, -0.2) is 8.42 Å². The highest BCUT2D eigenvalue weighted by molar-refractivity contribution is 9.10. The van der Waals surface area contributed by atoms with Gasteiger partial charge < -0.3 is 19.2 Å². The Balaban J connectivity index is 1.46. The molecular weight excluding hydrogens is 476 g/mol. The molecule has 4 rings (SSSR count). The van der Waals surface area contributed by atoms with Gasteiger partial charge in [0.05, 0.1) is 18.1 Å². The van der Waals surface area contributed by atoms with E-state index in [0.717, 1.165) is 6.42 Å². The second-order valence-electron chi connectivity index (χ2n) is 6.40. The molecule has 2 heterocycles. The highest BCUT2D eigenvalue weighted by Crippen LogP contribution is 2.32. The molecule has 10 heteroatoms. The topological polar surface area (TPSA) is 107 Å². The summed E-state index contributed by atoms with van der Waals surface area (Å²) in [7, 11) is -3.83. The maximum atomic E-state index is 12.7. The summed E-state index contributed by atoms with van der Waals surface area (Å²) < 4.78 is 44.7. The van der Waals surface area contributed by atoms with E-state index < -0.39 is 15.9 Å². The summed E-state index contributed by atoms with van der Waals surface area (Å²) in [6.45, 7) is 0.990. The van der Waals surface area contributed by atoms with Gasteiger partial charge >= 0.3 is 0 Å². The molecule has 1 amide bonds. The number of carbonyl (C=O) groups excluding carboxylic acids is 1. The van der Waals surface area contributed by atoms with Crippen molar-refractivity contribution in [1.29, 1.82) is 0 Å². The third-order valence-corrected chi connectivity index (χ3v) is 6.03. The first-order valence-corrected chi connectivity index (χ1v) is 11.3. The van der Waals surface area contributed by atoms with Crippen molar-refractivity contribution < 1.29 is 27.1 Å². The van der Waals surface area contributed by atoms with Crippen molar-refractivity contribution in [1.82, 2.24) is 0 Å². The molecule has 0 radical (unpaired) electrons. The van der Waals surface area contributed by atoms with E-state index in [-0.39, 0.29) is 10.7 Å². The molecule has 3 aromatic rings. The molecule has 0 saturated carbocycles. The van der Waals surface area contributed by atoms with Crippen LogP contribution in [0.1, 0.15) is 17.0 Å². The van der Waals surface area contributed by atoms with E-state index in [1.807, 2.05) is 0 Å². The Hall–Kier alpha value is -2.98. The predicted molar refractivity (Wildman–Crippen MR) is 114 cm³/mol. The Bertz CT molecular complexity index is 1170. The quantitative estimate of drug-likeness (QED) is 0.550. The average molecular weight is 493 g/mol. The molecule has 8 nitrogen and oxygen atoms in total. The second kappa shape index (κ2) is 8.41. The highest BCUT2D eigenvalue weighted by atomic mass is 79.9. The van der Waals surface area contributed by atoms with E-state index in [9.17, 15) is 13.2 Å². The van der Waals surface area contributed by atoms with Crippen LogP contribution >= 0.6 is 15.9 Å². The van der Waals surface area contributed by atoms with Crippen LogP contribution in [0.3, 0.4) is 0 Å². The van der Waals surface area contributed by atoms with Crippen LogP contribution in [0.25, 0.3) is 0 Å². The minimum absolute atomic E-state index is 0.0625. The number of amides is 1. The summed E-state index contributed by atoms with van der Waals surface area (Å²) in [5.74, 6) is 0.662. The molecule has 1 aliphatic rings. The Kier molecular flexibility index (Phi) is 5.69. The summed E-state index contributed by atoms with van der Waals surface area (Å²) in [5, 5.41) is 2.67. The number of fused-ring (bicyclic) bond motifs is 1. The fourth-order valence-corrected chi connectivity index (χ4v) is 4.16. The highest BCUT2D eigenvalue weighted by Gasteiger charge is 2.19. The number of sulfonamides is 1. The molecular formula is C20H17BrN2O6S. The predicted octanol–water partition coefficient (Wildman–Crippen LogP) is 4.26. The van der Waals surface area contributed by atoms with Gasteiger partial charge in [-0.15, -0.1) is 0 Å². The molecule has 0 unspecified atom stereocenters. The average Bonchev–Trinajstić information content (AvgIpc) is 3.02. The minimum Gasteiger partial charge on any atom is -0.490 e. The maximum absolute atomic E-state index is 12.7. The van der Waals surface area contributed by atoms with Gasteiger partial charge in [0.1, 0.15) is 0 Å². The first kappa shape index (κ1) is 20.3. The van der Waals surface area contributed by atoms with Crippen molar-refractivity contribution in [3.63, 3.8) is 0 Å². The molecule has 0 fully saturated rings. The number of benzene rings is 2. The van der Waals surface area contributed by atoms with E-state index in [0.29, 0.717) is 40.8 Å². The van der Waals surface area contributed by atoms with Gasteiger partial charge in [0, 0.05) is 23.9 Å². The fourth-order valence-electron chi connectivity index (χ4n) is 2.78. The van der Waals surface area contributed by atoms with E-state index >= 15 is 0 Å². The summed E-state index contributed by atoms with van der Waals surface area (Å²) >= 11 is 3.14. The summed E-state index contributed by atoms with van der Waals surface area (Å²) in [6, 6.07) is 13.9. The monoisotopic (exact) mass is 492 g/mol. The number of hydrogen-bond acceptors (Lipinski definition) is 6. The molecule has 2 aromatic carbocycles. The molecule has 156 valence electrons. The van der Waals surface area contributed by atoms with Crippen molar-refractivity contribution >= 4 is 43.2 Å². The number of anilines is 2. The third kappa shape index (κ3) is 4.60. The first-order chi connectivity index (χ1) is 14.4. The van der Waals surface area contributed by atoms with Crippen LogP contribution in [0.4, 0.5) is 11.4 Å². The zero-order valence-corrected chi connectivity index (χ0v) is 18.0. The number of halogens is 1. The third-order valence-electron chi connectivity index (χ3n) is 4.22. The van der Waals surface area contributed by atoms with Crippen LogP contribution in [0.15, 0.2) is 68.6 Å². The van der Waals surface area contributed by atoms with Crippen molar-refractivity contribution in [2.24, 2.45) is 0 Å². The molecule has 2 N–H and O–H groups in total. The van der Waals surface area contributed by atoms with Gasteiger partial charge in [0.15, 0.2) is 21.9 Å². The zero-order valence-electron chi connectivity index (χ0n) is 15.6. The molecule has 0 aliphatic carbocycles. The van der Waals surface area contributed by atoms with Crippen molar-refractivity contribution in [3.05, 3.63) is 65.0 Å². The van der Waals surface area contributed by atoms with Gasteiger partial charge in [-0.3, -0.25) is 9.52 Å². The molecule has 0 saturated heterocycles. The molecule has 0 spiro atoms. The van der Waals surface area contributed by atoms with E-state index in [2.05, 4.69) is 26.0 Å². The van der Waals surface area contributed by atoms with Gasteiger partial charge in [0.25, 0.3) is 15.9 Å². The normalized spacial score (nSPS) is 13.4. The van der Waals surface area contributed by atoms with Crippen LogP contribution < -0.4 is 19.5 Å². The fraction of sp³-hybridized carbons (Fsp3) is 0.150. The smallest absolute Gasteiger partial charge is 0.291 e. The Morgan fingerprint density at radius 3 is 2.30 bits per heavy atom. The maximum Gasteiger partial charge on any atom is 0.291 e. The van der Waals surface area contributed by atoms with Crippen LogP contribution in [0.5, 0.6) is 11.5 Å². The molecule has 1 aliphatic heterocycles. The molecule has 0 atom stereocenters. The Morgan fingerprint density at radius 1 is 0.900 bits per heavy atom. The first-order valence-electron chi connectivity index (χ1n) is 9.00. The van der Waals surface area contributed by atoms with Gasteiger partial charge in [-0.2, -0.15) is 0 Å². The van der Waals surface area contributed by atoms with Crippen LogP contribution in [0, 0.1) is 0 Å². The van der Waals surface area contributed by atoms with Crippen molar-refractivity contribution in [3.8, 4) is 11.5 Å². The Morgan fingerprint density at radius 2 is 1.60 bits per heavy atom. The molecule has 0 bridgehead atoms. The number of rotatable bonds is 5. The zero-order chi connectivity index (χ0) is 21.1. The lowest BCUT2D eigenvalue weighted by atomic mass is 10.3. The van der Waals surface area contributed by atoms with Crippen LogP contribution in [0.2, 0.25) is 0 Å². The van der Waals surface area contributed by atoms with E-state index in [4.69, 9.17) is 13.9 Å². The Labute approximate surface area is 181 Å². The second-order valence-corrected chi connectivity index (χ2v) is 8.86. The standard InChI is InChI=1S/C20H17BrN2O6S/c21-19-9-8-17(29-19)20(24)22-13-2-4-14(5-3-13)23-30(25,26)15-6-7-16-18(12-15)28-11-1-10-27-16/h2-9,12,23H,1,10-11H2,(H,22,24). The van der Waals surface area contributed by atoms with E-state index in [1.165, 1.54) is 18.2 Å². The number of ether oxygens (including phenoxy) is 2. The minimum atomic E-state index is -3.83. The lowest BCUT2D eigenvalue weighted by molar-refractivity contribution is 0.0995. The van der Waals surface area contributed by atoms with Gasteiger partial charge in [-0.1, -0.05) is 0 Å². The SMILES string of the molecule is O=C(Nc1ccc(NS(=O)(=O)c2ccc3c(c2)OCCCO3)cc1)c1ccc(Br)o1. The van der Waals surface area contributed by atoms with Gasteiger partial charge in [0.2, 0.25) is 0 Å². The number of furan rings is 1.